The van der Waals surface area contributed by atoms with E-state index >= 15 is 0 Å². The average Bonchev–Trinajstić information content (AvgIpc) is 3.11. The van der Waals surface area contributed by atoms with Crippen LogP contribution in [0.4, 0.5) is 11.4 Å². The van der Waals surface area contributed by atoms with E-state index in [4.69, 9.17) is 11.6 Å². The molecule has 0 saturated heterocycles. The van der Waals surface area contributed by atoms with E-state index in [1.807, 2.05) is 13.8 Å². The van der Waals surface area contributed by atoms with Crippen LogP contribution in [0.2, 0.25) is 5.02 Å². The molecule has 2 atom stereocenters. The molecule has 0 bridgehead atoms. The molecule has 1 fully saturated rings. The van der Waals surface area contributed by atoms with Crippen LogP contribution in [0.25, 0.3) is 0 Å². The molecule has 2 N–H and O–H groups in total. The van der Waals surface area contributed by atoms with E-state index in [9.17, 15) is 14.9 Å². The highest BCUT2D eigenvalue weighted by molar-refractivity contribution is 6.34. The summed E-state index contributed by atoms with van der Waals surface area (Å²) in [6.07, 6.45) is 1.76. The van der Waals surface area contributed by atoms with Gasteiger partial charge in [0.25, 0.3) is 11.6 Å². The molecule has 21 heavy (non-hydrogen) atoms. The Morgan fingerprint density at radius 1 is 1.52 bits per heavy atom. The zero-order chi connectivity index (χ0) is 15.6. The number of carbonyl (C=O) groups excluding carboxylic acids is 1. The van der Waals surface area contributed by atoms with E-state index in [1.54, 1.807) is 0 Å². The van der Waals surface area contributed by atoms with Gasteiger partial charge in [0.05, 0.1) is 9.95 Å². The number of halogens is 1. The summed E-state index contributed by atoms with van der Waals surface area (Å²) in [5.41, 5.74) is 0.303. The highest BCUT2D eigenvalue weighted by Gasteiger charge is 2.34. The Balaban J connectivity index is 2.27. The predicted octanol–water partition coefficient (Wildman–Crippen LogP) is 3.21. The fourth-order valence-corrected chi connectivity index (χ4v) is 2.35. The molecule has 1 aromatic carbocycles. The van der Waals surface area contributed by atoms with E-state index in [0.717, 1.165) is 12.8 Å². The Labute approximate surface area is 128 Å². The Morgan fingerprint density at radius 2 is 2.19 bits per heavy atom. The molecular weight excluding hydrogens is 294 g/mol. The molecule has 2 rings (SSSR count). The second kappa shape index (κ2) is 6.30. The first-order valence-electron chi connectivity index (χ1n) is 6.96. The number of amides is 1. The molecule has 0 aliphatic heterocycles. The van der Waals surface area contributed by atoms with Gasteiger partial charge in [-0.3, -0.25) is 14.9 Å². The third kappa shape index (κ3) is 3.64. The molecule has 6 nitrogen and oxygen atoms in total. The molecule has 1 amide bonds. The number of rotatable bonds is 6. The number of hydrogen-bond donors (Lipinski definition) is 2. The predicted molar refractivity (Wildman–Crippen MR) is 81.9 cm³/mol. The molecule has 0 heterocycles. The summed E-state index contributed by atoms with van der Waals surface area (Å²) in [6.45, 7) is 4.56. The van der Waals surface area contributed by atoms with Crippen molar-refractivity contribution in [2.24, 2.45) is 5.92 Å². The molecule has 1 aliphatic carbocycles. The number of nitrogens with zero attached hydrogens (tertiary/aromatic N) is 1. The number of nitro benzene ring substituents is 1. The van der Waals surface area contributed by atoms with Crippen molar-refractivity contribution in [3.05, 3.63) is 32.8 Å². The normalized spacial score (nSPS) is 20.0. The van der Waals surface area contributed by atoms with E-state index < -0.39 is 4.92 Å². The van der Waals surface area contributed by atoms with Gasteiger partial charge in [0, 0.05) is 24.2 Å². The summed E-state index contributed by atoms with van der Waals surface area (Å²) >= 11 is 6.09. The van der Waals surface area contributed by atoms with Gasteiger partial charge >= 0.3 is 0 Å². The lowest BCUT2D eigenvalue weighted by Gasteiger charge is -2.10. The molecule has 7 heteroatoms. The molecule has 0 spiro atoms. The first-order valence-corrected chi connectivity index (χ1v) is 7.34. The van der Waals surface area contributed by atoms with Gasteiger partial charge in [0.2, 0.25) is 0 Å². The minimum absolute atomic E-state index is 0.160. The van der Waals surface area contributed by atoms with E-state index in [0.29, 0.717) is 12.5 Å². The van der Waals surface area contributed by atoms with Crippen LogP contribution in [0.3, 0.4) is 0 Å². The first-order chi connectivity index (χ1) is 9.93. The zero-order valence-electron chi connectivity index (χ0n) is 12.0. The van der Waals surface area contributed by atoms with Gasteiger partial charge in [-0.15, -0.1) is 0 Å². The van der Waals surface area contributed by atoms with Gasteiger partial charge in [0.1, 0.15) is 5.69 Å². The Bertz CT molecular complexity index is 577. The monoisotopic (exact) mass is 311 g/mol. The van der Waals surface area contributed by atoms with Crippen molar-refractivity contribution < 1.29 is 9.72 Å². The zero-order valence-corrected chi connectivity index (χ0v) is 12.7. The highest BCUT2D eigenvalue weighted by atomic mass is 35.5. The molecule has 114 valence electrons. The molecular formula is C14H18ClN3O3. The van der Waals surface area contributed by atoms with Crippen LogP contribution in [0.1, 0.15) is 37.0 Å². The summed E-state index contributed by atoms with van der Waals surface area (Å²) in [5.74, 6) is 0.140. The van der Waals surface area contributed by atoms with Crippen molar-refractivity contribution in [1.29, 1.82) is 0 Å². The summed E-state index contributed by atoms with van der Waals surface area (Å²) in [5, 5.41) is 17.1. The van der Waals surface area contributed by atoms with Crippen LogP contribution in [-0.2, 0) is 0 Å². The highest BCUT2D eigenvalue weighted by Crippen LogP contribution is 2.34. The first kappa shape index (κ1) is 15.6. The number of hydrogen-bond acceptors (Lipinski definition) is 4. The molecule has 0 radical (unpaired) electrons. The van der Waals surface area contributed by atoms with Gasteiger partial charge in [-0.05, 0) is 24.8 Å². The second-order valence-electron chi connectivity index (χ2n) is 5.33. The van der Waals surface area contributed by atoms with Crippen LogP contribution in [0, 0.1) is 16.0 Å². The maximum Gasteiger partial charge on any atom is 0.294 e. The summed E-state index contributed by atoms with van der Waals surface area (Å²) in [4.78, 5) is 22.7. The molecule has 1 saturated carbocycles. The fourth-order valence-electron chi connectivity index (χ4n) is 2.07. The van der Waals surface area contributed by atoms with Gasteiger partial charge in [-0.25, -0.2) is 0 Å². The van der Waals surface area contributed by atoms with Crippen molar-refractivity contribution >= 4 is 28.9 Å². The molecule has 0 aromatic heterocycles. The van der Waals surface area contributed by atoms with Gasteiger partial charge in [-0.2, -0.15) is 0 Å². The van der Waals surface area contributed by atoms with Crippen molar-refractivity contribution in [2.45, 2.75) is 32.7 Å². The van der Waals surface area contributed by atoms with E-state index in [-0.39, 0.29) is 33.9 Å². The van der Waals surface area contributed by atoms with Crippen molar-refractivity contribution in [1.82, 2.24) is 5.32 Å². The Morgan fingerprint density at radius 3 is 2.71 bits per heavy atom. The topological polar surface area (TPSA) is 84.3 Å². The average molecular weight is 312 g/mol. The molecule has 2 unspecified atom stereocenters. The van der Waals surface area contributed by atoms with Crippen LogP contribution in [0.5, 0.6) is 0 Å². The van der Waals surface area contributed by atoms with E-state index in [1.165, 1.54) is 12.1 Å². The lowest BCUT2D eigenvalue weighted by atomic mass is 10.1. The lowest BCUT2D eigenvalue weighted by molar-refractivity contribution is -0.384. The van der Waals surface area contributed by atoms with Crippen molar-refractivity contribution in [2.75, 3.05) is 11.9 Å². The quantitative estimate of drug-likeness (QED) is 0.624. The lowest BCUT2D eigenvalue weighted by Crippen LogP contribution is -2.26. The van der Waals surface area contributed by atoms with Gasteiger partial charge < -0.3 is 10.6 Å². The minimum atomic E-state index is -0.527. The van der Waals surface area contributed by atoms with Crippen LogP contribution in [0.15, 0.2) is 12.1 Å². The number of nitrogens with one attached hydrogen (secondary N) is 2. The van der Waals surface area contributed by atoms with E-state index in [2.05, 4.69) is 10.6 Å². The Kier molecular flexibility index (Phi) is 4.67. The van der Waals surface area contributed by atoms with Gasteiger partial charge in [-0.1, -0.05) is 25.4 Å². The summed E-state index contributed by atoms with van der Waals surface area (Å²) < 4.78 is 0. The SMILES string of the molecule is CCCNc1c(Cl)cc(C(=O)NC2CC2C)cc1[N+](=O)[O-]. The maximum atomic E-state index is 12.1. The summed E-state index contributed by atoms with van der Waals surface area (Å²) in [6, 6.07) is 2.90. The number of carbonyl (C=O) groups is 1. The largest absolute Gasteiger partial charge is 0.378 e. The molecule has 1 aromatic rings. The minimum Gasteiger partial charge on any atom is -0.378 e. The second-order valence-corrected chi connectivity index (χ2v) is 5.74. The van der Waals surface area contributed by atoms with Crippen LogP contribution in [-0.4, -0.2) is 23.4 Å². The maximum absolute atomic E-state index is 12.1. The third-order valence-electron chi connectivity index (χ3n) is 3.51. The number of nitro groups is 1. The standard InChI is InChI=1S/C14H18ClN3O3/c1-3-4-16-13-10(15)6-9(7-12(13)18(20)21)14(19)17-11-5-8(11)2/h6-8,11,16H,3-5H2,1-2H3,(H,17,19). The van der Waals surface area contributed by atoms with Gasteiger partial charge in [0.15, 0.2) is 0 Å². The third-order valence-corrected chi connectivity index (χ3v) is 3.80. The fraction of sp³-hybridized carbons (Fsp3) is 0.500. The number of benzene rings is 1. The van der Waals surface area contributed by atoms with Crippen molar-refractivity contribution in [3.63, 3.8) is 0 Å². The van der Waals surface area contributed by atoms with Crippen LogP contribution >= 0.6 is 11.6 Å². The van der Waals surface area contributed by atoms with Crippen LogP contribution < -0.4 is 10.6 Å². The van der Waals surface area contributed by atoms with Crippen molar-refractivity contribution in [3.8, 4) is 0 Å². The summed E-state index contributed by atoms with van der Waals surface area (Å²) in [7, 11) is 0. The smallest absolute Gasteiger partial charge is 0.294 e. The number of anilines is 1. The molecule has 1 aliphatic rings. The Hall–Kier alpha value is -1.82.